The molecule has 0 amide bonds. The summed E-state index contributed by atoms with van der Waals surface area (Å²) < 4.78 is 1.17. The molecule has 0 aliphatic heterocycles. The lowest BCUT2D eigenvalue weighted by atomic mass is 10.2. The van der Waals surface area contributed by atoms with Gasteiger partial charge in [-0.2, -0.15) is 0 Å². The van der Waals surface area contributed by atoms with Crippen LogP contribution < -0.4 is 5.73 Å². The van der Waals surface area contributed by atoms with Gasteiger partial charge in [0.25, 0.3) is 0 Å². The fraction of sp³-hybridized carbons (Fsp3) is 0.0769. The molecular formula is C13H12INS. The molecular weight excluding hydrogens is 329 g/mol. The zero-order valence-corrected chi connectivity index (χ0v) is 11.9. The second-order valence-electron chi connectivity index (χ2n) is 3.60. The molecule has 1 nitrogen and oxygen atoms in total. The van der Waals surface area contributed by atoms with Crippen LogP contribution in [0.3, 0.4) is 0 Å². The van der Waals surface area contributed by atoms with Crippen molar-refractivity contribution < 1.29 is 0 Å². The Bertz CT molecular complexity index is 511. The summed E-state index contributed by atoms with van der Waals surface area (Å²) in [4.78, 5) is 2.35. The summed E-state index contributed by atoms with van der Waals surface area (Å²) in [6.07, 6.45) is 0. The third kappa shape index (κ3) is 2.92. The number of hydrogen-bond acceptors (Lipinski definition) is 2. The summed E-state index contributed by atoms with van der Waals surface area (Å²) in [5.41, 5.74) is 8.10. The minimum absolute atomic E-state index is 0.846. The highest BCUT2D eigenvalue weighted by Crippen LogP contribution is 2.32. The van der Waals surface area contributed by atoms with E-state index >= 15 is 0 Å². The quantitative estimate of drug-likeness (QED) is 0.650. The van der Waals surface area contributed by atoms with Crippen molar-refractivity contribution in [1.29, 1.82) is 0 Å². The maximum Gasteiger partial charge on any atom is 0.0466 e. The second-order valence-corrected chi connectivity index (χ2v) is 5.96. The molecule has 0 bridgehead atoms. The Balaban J connectivity index is 2.27. The van der Waals surface area contributed by atoms with E-state index in [9.17, 15) is 0 Å². The second kappa shape index (κ2) is 5.10. The molecule has 0 aliphatic carbocycles. The molecule has 82 valence electrons. The fourth-order valence-corrected chi connectivity index (χ4v) is 2.89. The summed E-state index contributed by atoms with van der Waals surface area (Å²) in [6.45, 7) is 2.10. The van der Waals surface area contributed by atoms with Gasteiger partial charge in [0.05, 0.1) is 0 Å². The van der Waals surface area contributed by atoms with Crippen LogP contribution in [0.25, 0.3) is 0 Å². The van der Waals surface area contributed by atoms with Gasteiger partial charge in [0.1, 0.15) is 0 Å². The van der Waals surface area contributed by atoms with Gasteiger partial charge in [0.15, 0.2) is 0 Å². The van der Waals surface area contributed by atoms with Gasteiger partial charge >= 0.3 is 0 Å². The van der Waals surface area contributed by atoms with Crippen molar-refractivity contribution in [2.45, 2.75) is 16.7 Å². The van der Waals surface area contributed by atoms with Crippen molar-refractivity contribution in [3.05, 3.63) is 51.6 Å². The van der Waals surface area contributed by atoms with Gasteiger partial charge in [-0.3, -0.25) is 0 Å². The number of nitrogen functional groups attached to an aromatic ring is 1. The molecule has 0 unspecified atom stereocenters. The molecule has 0 atom stereocenters. The van der Waals surface area contributed by atoms with Crippen molar-refractivity contribution >= 4 is 40.0 Å². The van der Waals surface area contributed by atoms with Crippen LogP contribution >= 0.6 is 34.4 Å². The van der Waals surface area contributed by atoms with Crippen LogP contribution in [0.2, 0.25) is 0 Å². The molecule has 16 heavy (non-hydrogen) atoms. The smallest absolute Gasteiger partial charge is 0.0466 e. The number of benzene rings is 2. The van der Waals surface area contributed by atoms with Crippen LogP contribution in [-0.2, 0) is 0 Å². The highest BCUT2D eigenvalue weighted by Gasteiger charge is 2.02. The third-order valence-electron chi connectivity index (χ3n) is 2.19. The van der Waals surface area contributed by atoms with Crippen LogP contribution in [0.4, 0.5) is 5.69 Å². The molecule has 2 aromatic rings. The molecule has 0 fully saturated rings. The van der Waals surface area contributed by atoms with Gasteiger partial charge in [-0.05, 0) is 59.8 Å². The van der Waals surface area contributed by atoms with E-state index in [1.54, 1.807) is 11.8 Å². The molecule has 0 radical (unpaired) electrons. The van der Waals surface area contributed by atoms with E-state index in [-0.39, 0.29) is 0 Å². The van der Waals surface area contributed by atoms with E-state index in [4.69, 9.17) is 5.73 Å². The first-order valence-corrected chi connectivity index (χ1v) is 6.84. The lowest BCUT2D eigenvalue weighted by molar-refractivity contribution is 1.34. The van der Waals surface area contributed by atoms with Crippen LogP contribution in [0.1, 0.15) is 5.56 Å². The van der Waals surface area contributed by atoms with E-state index in [2.05, 4.69) is 65.9 Å². The molecule has 0 spiro atoms. The predicted molar refractivity (Wildman–Crippen MR) is 78.9 cm³/mol. The zero-order chi connectivity index (χ0) is 11.5. The lowest BCUT2D eigenvalue weighted by Crippen LogP contribution is -1.89. The minimum atomic E-state index is 0.846. The van der Waals surface area contributed by atoms with Crippen molar-refractivity contribution in [3.63, 3.8) is 0 Å². The average Bonchev–Trinajstić information content (AvgIpc) is 2.22. The summed E-state index contributed by atoms with van der Waals surface area (Å²) in [5, 5.41) is 0. The van der Waals surface area contributed by atoms with Crippen molar-refractivity contribution in [2.75, 3.05) is 5.73 Å². The minimum Gasteiger partial charge on any atom is -0.398 e. The number of hydrogen-bond donors (Lipinski definition) is 1. The fourth-order valence-electron chi connectivity index (χ4n) is 1.42. The summed E-state index contributed by atoms with van der Waals surface area (Å²) >= 11 is 3.98. The van der Waals surface area contributed by atoms with E-state index < -0.39 is 0 Å². The average molecular weight is 341 g/mol. The molecule has 3 heteroatoms. The molecule has 2 aromatic carbocycles. The van der Waals surface area contributed by atoms with E-state index in [0.717, 1.165) is 10.6 Å². The summed E-state index contributed by atoms with van der Waals surface area (Å²) in [6, 6.07) is 14.6. The molecule has 0 saturated carbocycles. The Labute approximate surface area is 114 Å². The Morgan fingerprint density at radius 3 is 2.62 bits per heavy atom. The molecule has 0 aromatic heterocycles. The highest BCUT2D eigenvalue weighted by atomic mass is 127. The highest BCUT2D eigenvalue weighted by molar-refractivity contribution is 14.1. The van der Waals surface area contributed by atoms with Crippen LogP contribution in [-0.4, -0.2) is 0 Å². The lowest BCUT2D eigenvalue weighted by Gasteiger charge is -2.06. The van der Waals surface area contributed by atoms with Crippen LogP contribution in [0.15, 0.2) is 52.3 Å². The number of anilines is 1. The SMILES string of the molecule is Cc1cccc(Sc2ccc(I)cc2N)c1. The number of halogens is 1. The predicted octanol–water partition coefficient (Wildman–Crippen LogP) is 4.33. The zero-order valence-electron chi connectivity index (χ0n) is 8.91. The first kappa shape index (κ1) is 11.8. The van der Waals surface area contributed by atoms with Crippen molar-refractivity contribution in [1.82, 2.24) is 0 Å². The first-order chi connectivity index (χ1) is 7.65. The summed E-state index contributed by atoms with van der Waals surface area (Å²) in [7, 11) is 0. The molecule has 0 aliphatic rings. The van der Waals surface area contributed by atoms with Crippen LogP contribution in [0, 0.1) is 10.5 Å². The maximum atomic E-state index is 5.98. The Morgan fingerprint density at radius 1 is 1.12 bits per heavy atom. The van der Waals surface area contributed by atoms with Gasteiger partial charge < -0.3 is 5.73 Å². The molecule has 0 saturated heterocycles. The number of nitrogens with two attached hydrogens (primary N) is 1. The number of aryl methyl sites for hydroxylation is 1. The molecule has 2 N–H and O–H groups in total. The van der Waals surface area contributed by atoms with E-state index in [1.807, 2.05) is 6.07 Å². The topological polar surface area (TPSA) is 26.0 Å². The normalized spacial score (nSPS) is 10.4. The van der Waals surface area contributed by atoms with Crippen molar-refractivity contribution in [3.8, 4) is 0 Å². The Hall–Kier alpha value is -0.680. The number of rotatable bonds is 2. The first-order valence-electron chi connectivity index (χ1n) is 4.95. The standard InChI is InChI=1S/C13H12INS/c1-9-3-2-4-11(7-9)16-13-6-5-10(14)8-12(13)15/h2-8H,15H2,1H3. The van der Waals surface area contributed by atoms with Gasteiger partial charge in [-0.15, -0.1) is 0 Å². The Kier molecular flexibility index (Phi) is 3.76. The Morgan fingerprint density at radius 2 is 1.94 bits per heavy atom. The maximum absolute atomic E-state index is 5.98. The van der Waals surface area contributed by atoms with Gasteiger partial charge in [-0.25, -0.2) is 0 Å². The summed E-state index contributed by atoms with van der Waals surface area (Å²) in [5.74, 6) is 0. The third-order valence-corrected chi connectivity index (χ3v) is 3.94. The van der Waals surface area contributed by atoms with Gasteiger partial charge in [-0.1, -0.05) is 29.5 Å². The van der Waals surface area contributed by atoms with Crippen LogP contribution in [0.5, 0.6) is 0 Å². The molecule has 0 heterocycles. The van der Waals surface area contributed by atoms with E-state index in [1.165, 1.54) is 14.0 Å². The van der Waals surface area contributed by atoms with Gasteiger partial charge in [0.2, 0.25) is 0 Å². The van der Waals surface area contributed by atoms with Crippen molar-refractivity contribution in [2.24, 2.45) is 0 Å². The van der Waals surface area contributed by atoms with E-state index in [0.29, 0.717) is 0 Å². The van der Waals surface area contributed by atoms with Gasteiger partial charge in [0, 0.05) is 19.0 Å². The molecule has 2 rings (SSSR count). The monoisotopic (exact) mass is 341 g/mol. The largest absolute Gasteiger partial charge is 0.398 e.